The molecule has 124 valence electrons. The fourth-order valence-electron chi connectivity index (χ4n) is 2.48. The van der Waals surface area contributed by atoms with Crippen LogP contribution in [-0.4, -0.2) is 34.2 Å². The summed E-state index contributed by atoms with van der Waals surface area (Å²) >= 11 is 0. The van der Waals surface area contributed by atoms with Gasteiger partial charge in [-0.25, -0.2) is 13.5 Å². The van der Waals surface area contributed by atoms with Crippen LogP contribution in [0.25, 0.3) is 5.69 Å². The maximum Gasteiger partial charge on any atom is 0.262 e. The minimum Gasteiger partial charge on any atom is -0.322 e. The zero-order valence-electron chi connectivity index (χ0n) is 12.4. The molecular formula is C15H17ClF2N4O. The van der Waals surface area contributed by atoms with Gasteiger partial charge in [-0.1, -0.05) is 18.2 Å². The number of benzene rings is 1. The number of amides is 1. The van der Waals surface area contributed by atoms with Crippen LogP contribution in [-0.2, 0) is 4.79 Å². The van der Waals surface area contributed by atoms with Crippen molar-refractivity contribution < 1.29 is 13.6 Å². The molecule has 1 atom stereocenters. The van der Waals surface area contributed by atoms with Crippen LogP contribution in [0.1, 0.15) is 12.1 Å². The topological polar surface area (TPSA) is 59.0 Å². The van der Waals surface area contributed by atoms with E-state index < -0.39 is 30.8 Å². The predicted molar refractivity (Wildman–Crippen MR) is 85.5 cm³/mol. The Morgan fingerprint density at radius 3 is 2.70 bits per heavy atom. The summed E-state index contributed by atoms with van der Waals surface area (Å²) < 4.78 is 28.0. The van der Waals surface area contributed by atoms with E-state index in [0.717, 1.165) is 11.4 Å². The smallest absolute Gasteiger partial charge is 0.262 e. The third kappa shape index (κ3) is 3.68. The highest BCUT2D eigenvalue weighted by atomic mass is 35.5. The number of carbonyl (C=O) groups is 1. The van der Waals surface area contributed by atoms with Crippen molar-refractivity contribution in [3.8, 4) is 5.69 Å². The standard InChI is InChI=1S/C15H16F2N4O.ClH/c1-10-13(8-19-21(10)11-5-3-2-4-6-11)20-14(22)12-7-15(16,17)9-18-12;/h2-6,8,12,18H,7,9H2,1H3,(H,20,22);1H. The molecular weight excluding hydrogens is 326 g/mol. The van der Waals surface area contributed by atoms with Crippen LogP contribution >= 0.6 is 12.4 Å². The van der Waals surface area contributed by atoms with E-state index in [1.807, 2.05) is 37.3 Å². The van der Waals surface area contributed by atoms with Crippen LogP contribution in [0.15, 0.2) is 36.5 Å². The Balaban J connectivity index is 0.00000192. The molecule has 5 nitrogen and oxygen atoms in total. The molecule has 23 heavy (non-hydrogen) atoms. The Morgan fingerprint density at radius 1 is 1.39 bits per heavy atom. The van der Waals surface area contributed by atoms with Gasteiger partial charge in [-0.15, -0.1) is 12.4 Å². The number of nitrogens with zero attached hydrogens (tertiary/aromatic N) is 2. The number of nitrogens with one attached hydrogen (secondary N) is 2. The van der Waals surface area contributed by atoms with Crippen molar-refractivity contribution in [1.29, 1.82) is 0 Å². The number of alkyl halides is 2. The molecule has 1 saturated heterocycles. The third-order valence-electron chi connectivity index (χ3n) is 3.69. The summed E-state index contributed by atoms with van der Waals surface area (Å²) in [5.74, 6) is -3.29. The number of hydrogen-bond donors (Lipinski definition) is 2. The summed E-state index contributed by atoms with van der Waals surface area (Å²) in [7, 11) is 0. The van der Waals surface area contributed by atoms with Gasteiger partial charge in [0.1, 0.15) is 0 Å². The summed E-state index contributed by atoms with van der Waals surface area (Å²) in [4.78, 5) is 12.1. The van der Waals surface area contributed by atoms with Crippen molar-refractivity contribution in [2.75, 3.05) is 11.9 Å². The van der Waals surface area contributed by atoms with E-state index in [4.69, 9.17) is 0 Å². The first-order valence-corrected chi connectivity index (χ1v) is 6.98. The molecule has 1 aromatic heterocycles. The van der Waals surface area contributed by atoms with E-state index in [1.54, 1.807) is 4.68 Å². The molecule has 1 aliphatic rings. The first-order chi connectivity index (χ1) is 10.5. The van der Waals surface area contributed by atoms with Crippen molar-refractivity contribution >= 4 is 24.0 Å². The maximum absolute atomic E-state index is 13.1. The molecule has 2 aromatic rings. The normalized spacial score (nSPS) is 19.2. The number of hydrogen-bond acceptors (Lipinski definition) is 3. The largest absolute Gasteiger partial charge is 0.322 e. The number of aromatic nitrogens is 2. The predicted octanol–water partition coefficient (Wildman–Crippen LogP) is 2.54. The van der Waals surface area contributed by atoms with Gasteiger partial charge in [-0.05, 0) is 19.1 Å². The SMILES string of the molecule is Cc1c(NC(=O)C2CC(F)(F)CN2)cnn1-c1ccccc1.Cl. The number of carbonyl (C=O) groups excluding carboxylic acids is 1. The van der Waals surface area contributed by atoms with Gasteiger partial charge in [0.15, 0.2) is 0 Å². The number of para-hydroxylation sites is 1. The molecule has 1 aliphatic heterocycles. The third-order valence-corrected chi connectivity index (χ3v) is 3.69. The van der Waals surface area contributed by atoms with E-state index in [0.29, 0.717) is 5.69 Å². The average Bonchev–Trinajstić information content (AvgIpc) is 3.03. The van der Waals surface area contributed by atoms with Crippen LogP contribution in [0.4, 0.5) is 14.5 Å². The minimum absolute atomic E-state index is 0. The highest BCUT2D eigenvalue weighted by Crippen LogP contribution is 2.26. The Labute approximate surface area is 138 Å². The molecule has 2 N–H and O–H groups in total. The molecule has 8 heteroatoms. The lowest BCUT2D eigenvalue weighted by atomic mass is 10.2. The first kappa shape index (κ1) is 17.4. The van der Waals surface area contributed by atoms with Gasteiger partial charge >= 0.3 is 0 Å². The van der Waals surface area contributed by atoms with E-state index in [-0.39, 0.29) is 12.4 Å². The fourth-order valence-corrected chi connectivity index (χ4v) is 2.48. The number of halogens is 3. The van der Waals surface area contributed by atoms with Gasteiger partial charge in [0.2, 0.25) is 5.91 Å². The van der Waals surface area contributed by atoms with Crippen LogP contribution in [0.3, 0.4) is 0 Å². The molecule has 0 radical (unpaired) electrons. The van der Waals surface area contributed by atoms with Crippen molar-refractivity contribution in [2.45, 2.75) is 25.3 Å². The molecule has 1 unspecified atom stereocenters. The molecule has 0 saturated carbocycles. The zero-order valence-corrected chi connectivity index (χ0v) is 13.2. The minimum atomic E-state index is -2.83. The fraction of sp³-hybridized carbons (Fsp3) is 0.333. The van der Waals surface area contributed by atoms with Crippen LogP contribution < -0.4 is 10.6 Å². The second kappa shape index (κ2) is 6.64. The second-order valence-electron chi connectivity index (χ2n) is 5.37. The molecule has 2 heterocycles. The van der Waals surface area contributed by atoms with Gasteiger partial charge < -0.3 is 5.32 Å². The van der Waals surface area contributed by atoms with Gasteiger partial charge in [-0.2, -0.15) is 5.10 Å². The summed E-state index contributed by atoms with van der Waals surface area (Å²) in [5.41, 5.74) is 2.13. The molecule has 0 bridgehead atoms. The lowest BCUT2D eigenvalue weighted by molar-refractivity contribution is -0.118. The van der Waals surface area contributed by atoms with Crippen LogP contribution in [0, 0.1) is 6.92 Å². The van der Waals surface area contributed by atoms with Crippen molar-refractivity contribution in [1.82, 2.24) is 15.1 Å². The number of rotatable bonds is 3. The van der Waals surface area contributed by atoms with Crippen molar-refractivity contribution in [3.05, 3.63) is 42.2 Å². The zero-order chi connectivity index (χ0) is 15.7. The Hall–Kier alpha value is -1.99. The summed E-state index contributed by atoms with van der Waals surface area (Å²) in [6.07, 6.45) is 1.04. The average molecular weight is 343 g/mol. The lowest BCUT2D eigenvalue weighted by Gasteiger charge is -2.11. The summed E-state index contributed by atoms with van der Waals surface area (Å²) in [6, 6.07) is 8.58. The molecule has 3 rings (SSSR count). The molecule has 1 fully saturated rings. The molecule has 1 aromatic carbocycles. The quantitative estimate of drug-likeness (QED) is 0.901. The van der Waals surface area contributed by atoms with Gasteiger partial charge in [0.05, 0.1) is 35.9 Å². The number of anilines is 1. The lowest BCUT2D eigenvalue weighted by Crippen LogP contribution is -2.35. The second-order valence-corrected chi connectivity index (χ2v) is 5.37. The first-order valence-electron chi connectivity index (χ1n) is 6.98. The Kier molecular flexibility index (Phi) is 5.01. The van der Waals surface area contributed by atoms with Gasteiger partial charge in [0, 0.05) is 6.42 Å². The Morgan fingerprint density at radius 2 is 2.09 bits per heavy atom. The monoisotopic (exact) mass is 342 g/mol. The van der Waals surface area contributed by atoms with Gasteiger partial charge in [0.25, 0.3) is 5.92 Å². The van der Waals surface area contributed by atoms with E-state index in [9.17, 15) is 13.6 Å². The van der Waals surface area contributed by atoms with E-state index in [2.05, 4.69) is 15.7 Å². The summed E-state index contributed by atoms with van der Waals surface area (Å²) in [6.45, 7) is 1.35. The highest BCUT2D eigenvalue weighted by molar-refractivity contribution is 5.95. The van der Waals surface area contributed by atoms with Crippen LogP contribution in [0.5, 0.6) is 0 Å². The van der Waals surface area contributed by atoms with Crippen LogP contribution in [0.2, 0.25) is 0 Å². The Bertz CT molecular complexity index is 690. The van der Waals surface area contributed by atoms with Crippen molar-refractivity contribution in [3.63, 3.8) is 0 Å². The molecule has 0 aliphatic carbocycles. The maximum atomic E-state index is 13.1. The van der Waals surface area contributed by atoms with E-state index >= 15 is 0 Å². The van der Waals surface area contributed by atoms with Crippen molar-refractivity contribution in [2.24, 2.45) is 0 Å². The molecule has 0 spiro atoms. The van der Waals surface area contributed by atoms with E-state index in [1.165, 1.54) is 6.20 Å². The molecule has 1 amide bonds. The van der Waals surface area contributed by atoms with Gasteiger partial charge in [-0.3, -0.25) is 10.1 Å². The summed E-state index contributed by atoms with van der Waals surface area (Å²) in [5, 5.41) is 9.43. The highest BCUT2D eigenvalue weighted by Gasteiger charge is 2.42.